The van der Waals surface area contributed by atoms with Gasteiger partial charge in [-0.1, -0.05) is 64.7 Å². The maximum absolute atomic E-state index is 11.5. The van der Waals surface area contributed by atoms with E-state index >= 15 is 0 Å². The van der Waals surface area contributed by atoms with E-state index in [0.717, 1.165) is 12.8 Å². The van der Waals surface area contributed by atoms with Crippen molar-refractivity contribution in [3.05, 3.63) is 23.8 Å². The van der Waals surface area contributed by atoms with E-state index in [-0.39, 0.29) is 11.3 Å². The Morgan fingerprint density at radius 3 is 1.97 bits per heavy atom. The highest BCUT2D eigenvalue weighted by Gasteiger charge is 2.11. The van der Waals surface area contributed by atoms with E-state index in [1.165, 1.54) is 63.5 Å². The van der Waals surface area contributed by atoms with Crippen molar-refractivity contribution in [3.63, 3.8) is 0 Å². The summed E-state index contributed by atoms with van der Waals surface area (Å²) >= 11 is 0. The highest BCUT2D eigenvalue weighted by molar-refractivity contribution is 7.79. The number of aromatic hydroxyl groups is 1. The Hall–Kier alpha value is -1.88. The standard InChI is InChI=1S/C19H32N2O3.H2O4S/c1-2-3-4-5-6-7-8-9-10-11-14-24-16-12-13-18(22)17(15-16)19(23)21-20;1-5(2,3)4/h12-13,15,22H,2-11,14,20H2,1H3,(H,21,23);(H2,1,2,3,4). The molecule has 0 aliphatic carbocycles. The number of phenolic OH excluding ortho intramolecular Hbond substituents is 1. The van der Waals surface area contributed by atoms with Crippen molar-refractivity contribution < 1.29 is 32.2 Å². The first-order valence-electron chi connectivity index (χ1n) is 9.85. The molecule has 0 aliphatic heterocycles. The maximum Gasteiger partial charge on any atom is 0.394 e. The van der Waals surface area contributed by atoms with Crippen LogP contribution < -0.4 is 16.0 Å². The molecule has 6 N–H and O–H groups in total. The summed E-state index contributed by atoms with van der Waals surface area (Å²) in [5, 5.41) is 9.62. The van der Waals surface area contributed by atoms with Crippen molar-refractivity contribution in [1.29, 1.82) is 0 Å². The van der Waals surface area contributed by atoms with Gasteiger partial charge in [-0.25, -0.2) is 5.84 Å². The van der Waals surface area contributed by atoms with Gasteiger partial charge in [0.15, 0.2) is 0 Å². The van der Waals surface area contributed by atoms with Crippen LogP contribution in [0, 0.1) is 0 Å². The predicted molar refractivity (Wildman–Crippen MR) is 111 cm³/mol. The molecule has 1 rings (SSSR count). The number of phenols is 1. The van der Waals surface area contributed by atoms with Crippen LogP contribution in [0.15, 0.2) is 18.2 Å². The van der Waals surface area contributed by atoms with Gasteiger partial charge in [-0.05, 0) is 24.6 Å². The monoisotopic (exact) mass is 434 g/mol. The van der Waals surface area contributed by atoms with Gasteiger partial charge in [-0.15, -0.1) is 0 Å². The molecule has 1 amide bonds. The smallest absolute Gasteiger partial charge is 0.394 e. The molecule has 0 fully saturated rings. The Morgan fingerprint density at radius 1 is 1.00 bits per heavy atom. The molecule has 0 atom stereocenters. The summed E-state index contributed by atoms with van der Waals surface area (Å²) in [4.78, 5) is 11.5. The molecule has 0 aliphatic rings. The Morgan fingerprint density at radius 2 is 1.48 bits per heavy atom. The molecule has 1 aromatic rings. The zero-order chi connectivity index (χ0) is 22.1. The number of nitrogens with one attached hydrogen (secondary N) is 1. The highest BCUT2D eigenvalue weighted by atomic mass is 32.3. The first-order chi connectivity index (χ1) is 13.7. The second-order valence-corrected chi connectivity index (χ2v) is 7.53. The summed E-state index contributed by atoms with van der Waals surface area (Å²) in [5.74, 6) is 5.02. The minimum atomic E-state index is -4.67. The lowest BCUT2D eigenvalue weighted by atomic mass is 10.1. The third-order valence-corrected chi connectivity index (χ3v) is 4.11. The molecular weight excluding hydrogens is 400 g/mol. The number of unbranched alkanes of at least 4 members (excludes halogenated alkanes) is 9. The van der Waals surface area contributed by atoms with Gasteiger partial charge in [0.05, 0.1) is 12.2 Å². The van der Waals surface area contributed by atoms with Gasteiger partial charge in [0.25, 0.3) is 5.91 Å². The summed E-state index contributed by atoms with van der Waals surface area (Å²) in [6, 6.07) is 4.60. The van der Waals surface area contributed by atoms with Crippen LogP contribution in [0.3, 0.4) is 0 Å². The third kappa shape index (κ3) is 16.8. The van der Waals surface area contributed by atoms with Crippen molar-refractivity contribution in [2.75, 3.05) is 6.61 Å². The van der Waals surface area contributed by atoms with Crippen molar-refractivity contribution in [1.82, 2.24) is 5.43 Å². The predicted octanol–water partition coefficient (Wildman–Crippen LogP) is 3.64. The van der Waals surface area contributed by atoms with E-state index < -0.39 is 16.3 Å². The lowest BCUT2D eigenvalue weighted by Gasteiger charge is -2.09. The molecule has 0 radical (unpaired) electrons. The van der Waals surface area contributed by atoms with Gasteiger partial charge in [-0.2, -0.15) is 8.42 Å². The van der Waals surface area contributed by atoms with E-state index in [1.807, 2.05) is 5.43 Å². The van der Waals surface area contributed by atoms with Crippen LogP contribution in [0.5, 0.6) is 11.5 Å². The molecule has 0 unspecified atom stereocenters. The number of ether oxygens (including phenoxy) is 1. The molecule has 0 saturated carbocycles. The molecule has 0 heterocycles. The Labute approximate surface area is 173 Å². The molecule has 29 heavy (non-hydrogen) atoms. The van der Waals surface area contributed by atoms with Crippen molar-refractivity contribution in [2.45, 2.75) is 71.1 Å². The number of nitrogen functional groups attached to an aromatic ring is 1. The van der Waals surface area contributed by atoms with Crippen molar-refractivity contribution in [3.8, 4) is 11.5 Å². The van der Waals surface area contributed by atoms with Gasteiger partial charge >= 0.3 is 10.4 Å². The number of rotatable bonds is 13. The topological polar surface area (TPSA) is 159 Å². The molecule has 10 heteroatoms. The Balaban J connectivity index is 0.00000139. The fourth-order valence-corrected chi connectivity index (χ4v) is 2.64. The normalized spacial score (nSPS) is 10.8. The average molecular weight is 435 g/mol. The minimum absolute atomic E-state index is 0.107. The zero-order valence-electron chi connectivity index (χ0n) is 17.0. The van der Waals surface area contributed by atoms with Gasteiger partial charge in [0.2, 0.25) is 0 Å². The Bertz CT molecular complexity index is 673. The van der Waals surface area contributed by atoms with E-state index in [9.17, 15) is 9.90 Å². The molecule has 168 valence electrons. The van der Waals surface area contributed by atoms with Crippen LogP contribution in [0.25, 0.3) is 0 Å². The lowest BCUT2D eigenvalue weighted by Crippen LogP contribution is -2.30. The highest BCUT2D eigenvalue weighted by Crippen LogP contribution is 2.23. The van der Waals surface area contributed by atoms with Gasteiger partial charge < -0.3 is 9.84 Å². The fraction of sp³-hybridized carbons (Fsp3) is 0.632. The minimum Gasteiger partial charge on any atom is -0.507 e. The number of carbonyl (C=O) groups is 1. The summed E-state index contributed by atoms with van der Waals surface area (Å²) in [5.41, 5.74) is 2.13. The van der Waals surface area contributed by atoms with E-state index in [1.54, 1.807) is 6.07 Å². The fourth-order valence-electron chi connectivity index (χ4n) is 2.64. The van der Waals surface area contributed by atoms with E-state index in [4.69, 9.17) is 28.1 Å². The number of nitrogens with two attached hydrogens (primary N) is 1. The van der Waals surface area contributed by atoms with Crippen LogP contribution in [0.4, 0.5) is 0 Å². The summed E-state index contributed by atoms with van der Waals surface area (Å²) < 4.78 is 37.2. The molecule has 1 aromatic carbocycles. The molecular formula is C19H34N2O7S. The largest absolute Gasteiger partial charge is 0.507 e. The second-order valence-electron chi connectivity index (χ2n) is 6.63. The van der Waals surface area contributed by atoms with Crippen LogP contribution in [0.2, 0.25) is 0 Å². The van der Waals surface area contributed by atoms with Gasteiger partial charge in [0, 0.05) is 0 Å². The molecule has 0 bridgehead atoms. The SMILES string of the molecule is CCCCCCCCCCCCOc1ccc(O)c(C(=O)NN)c1.O=S(=O)(O)O. The lowest BCUT2D eigenvalue weighted by molar-refractivity contribution is 0.0950. The van der Waals surface area contributed by atoms with Crippen LogP contribution in [-0.4, -0.2) is 35.1 Å². The molecule has 0 spiro atoms. The third-order valence-electron chi connectivity index (χ3n) is 4.11. The van der Waals surface area contributed by atoms with Gasteiger partial charge in [-0.3, -0.25) is 19.3 Å². The van der Waals surface area contributed by atoms with Crippen LogP contribution in [-0.2, 0) is 10.4 Å². The maximum atomic E-state index is 11.5. The first kappa shape index (κ1) is 27.1. The number of hydrogen-bond donors (Lipinski definition) is 5. The zero-order valence-corrected chi connectivity index (χ0v) is 17.8. The molecule has 9 nitrogen and oxygen atoms in total. The molecule has 0 aromatic heterocycles. The van der Waals surface area contributed by atoms with Crippen molar-refractivity contribution in [2.24, 2.45) is 5.84 Å². The summed E-state index contributed by atoms with van der Waals surface area (Å²) in [6.07, 6.45) is 12.8. The number of hydrazine groups is 1. The second kappa shape index (κ2) is 16.0. The van der Waals surface area contributed by atoms with Crippen LogP contribution in [0.1, 0.15) is 81.5 Å². The van der Waals surface area contributed by atoms with Crippen LogP contribution >= 0.6 is 0 Å². The molecule has 0 saturated heterocycles. The summed E-state index contributed by atoms with van der Waals surface area (Å²) in [6.45, 7) is 2.86. The first-order valence-corrected chi connectivity index (χ1v) is 11.2. The van der Waals surface area contributed by atoms with E-state index in [0.29, 0.717) is 12.4 Å². The number of hydrogen-bond acceptors (Lipinski definition) is 6. The number of amides is 1. The number of benzene rings is 1. The van der Waals surface area contributed by atoms with Gasteiger partial charge in [0.1, 0.15) is 11.5 Å². The average Bonchev–Trinajstić information content (AvgIpc) is 2.65. The van der Waals surface area contributed by atoms with E-state index in [2.05, 4.69) is 6.92 Å². The Kier molecular flexibility index (Phi) is 14.9. The van der Waals surface area contributed by atoms with Crippen molar-refractivity contribution >= 4 is 16.3 Å². The summed E-state index contributed by atoms with van der Waals surface area (Å²) in [7, 11) is -4.67. The quantitative estimate of drug-likeness (QED) is 0.103. The number of carbonyl (C=O) groups excluding carboxylic acids is 1.